The molecule has 0 radical (unpaired) electrons. The molecule has 0 N–H and O–H groups in total. The van der Waals surface area contributed by atoms with Gasteiger partial charge in [0.15, 0.2) is 14.9 Å². The topological polar surface area (TPSA) is 77.7 Å². The molecule has 2 heterocycles. The first-order valence-corrected chi connectivity index (χ1v) is 7.40. The molecule has 6 nitrogen and oxygen atoms in total. The maximum Gasteiger partial charge on any atom is 0.236 e. The molecule has 7 heteroatoms. The quantitative estimate of drug-likeness (QED) is 0.656. The molecule has 0 fully saturated rings. The van der Waals surface area contributed by atoms with Crippen LogP contribution in [0.3, 0.4) is 0 Å². The highest BCUT2D eigenvalue weighted by molar-refractivity contribution is 7.90. The highest BCUT2D eigenvalue weighted by Gasteiger charge is 2.12. The molecule has 0 amide bonds. The van der Waals surface area contributed by atoms with Gasteiger partial charge in [0, 0.05) is 12.5 Å². The molecule has 0 bridgehead atoms. The number of hydrogen-bond donors (Lipinski definition) is 0. The highest BCUT2D eigenvalue weighted by atomic mass is 32.2. The molecule has 1 aromatic carbocycles. The predicted octanol–water partition coefficient (Wildman–Crippen LogP) is 1.22. The van der Waals surface area contributed by atoms with Crippen molar-refractivity contribution in [3.05, 3.63) is 42.9 Å². The number of rotatable bonds is 2. The van der Waals surface area contributed by atoms with E-state index in [9.17, 15) is 8.42 Å². The fourth-order valence-corrected chi connectivity index (χ4v) is 2.33. The van der Waals surface area contributed by atoms with Gasteiger partial charge in [-0.3, -0.25) is 4.57 Å². The minimum Gasteiger partial charge on any atom is -0.267 e. The summed E-state index contributed by atoms with van der Waals surface area (Å²) in [6.45, 7) is 0. The molecule has 3 aromatic rings. The van der Waals surface area contributed by atoms with Crippen molar-refractivity contribution in [3.63, 3.8) is 0 Å². The Hall–Kier alpha value is -2.28. The van der Waals surface area contributed by atoms with Gasteiger partial charge < -0.3 is 0 Å². The predicted molar refractivity (Wildman–Crippen MR) is 69.8 cm³/mol. The zero-order valence-corrected chi connectivity index (χ0v) is 10.9. The van der Waals surface area contributed by atoms with Gasteiger partial charge in [0.05, 0.1) is 11.0 Å². The van der Waals surface area contributed by atoms with Crippen LogP contribution in [-0.4, -0.2) is 34.2 Å². The number of benzene rings is 1. The third-order valence-corrected chi connectivity index (χ3v) is 3.65. The molecule has 0 unspecified atom stereocenters. The molecule has 2 aromatic heterocycles. The summed E-state index contributed by atoms with van der Waals surface area (Å²) in [7, 11) is -3.35. The summed E-state index contributed by atoms with van der Waals surface area (Å²) >= 11 is 0. The minimum atomic E-state index is -3.35. The van der Waals surface area contributed by atoms with Crippen LogP contribution in [0.5, 0.6) is 0 Å². The standard InChI is InChI=1S/C12H10N4O2S/c1-19(17,18)11-6-7-13-12(15-11)16-8-14-9-4-2-3-5-10(9)16/h2-8H,1H3. The SMILES string of the molecule is CS(=O)(=O)c1ccnc(-n2cnc3ccccc32)n1. The van der Waals surface area contributed by atoms with Crippen LogP contribution in [0.1, 0.15) is 0 Å². The van der Waals surface area contributed by atoms with Gasteiger partial charge in [0.25, 0.3) is 0 Å². The summed E-state index contributed by atoms with van der Waals surface area (Å²) in [6, 6.07) is 8.87. The van der Waals surface area contributed by atoms with Gasteiger partial charge in [-0.25, -0.2) is 23.4 Å². The lowest BCUT2D eigenvalue weighted by Crippen LogP contribution is -2.06. The van der Waals surface area contributed by atoms with Gasteiger partial charge in [0.1, 0.15) is 6.33 Å². The number of para-hydroxylation sites is 2. The van der Waals surface area contributed by atoms with E-state index < -0.39 is 9.84 Å². The van der Waals surface area contributed by atoms with Crippen molar-refractivity contribution in [3.8, 4) is 5.95 Å². The number of imidazole rings is 1. The van der Waals surface area contributed by atoms with Crippen molar-refractivity contribution in [2.45, 2.75) is 5.03 Å². The highest BCUT2D eigenvalue weighted by Crippen LogP contribution is 2.16. The van der Waals surface area contributed by atoms with Gasteiger partial charge in [-0.05, 0) is 18.2 Å². The number of sulfone groups is 1. The number of aromatic nitrogens is 4. The Bertz CT molecular complexity index is 855. The van der Waals surface area contributed by atoms with E-state index >= 15 is 0 Å². The van der Waals surface area contributed by atoms with Crippen molar-refractivity contribution in [1.29, 1.82) is 0 Å². The third kappa shape index (κ3) is 2.08. The lowest BCUT2D eigenvalue weighted by atomic mass is 10.3. The first-order chi connectivity index (χ1) is 9.05. The van der Waals surface area contributed by atoms with Crippen molar-refractivity contribution < 1.29 is 8.42 Å². The van der Waals surface area contributed by atoms with Crippen LogP contribution < -0.4 is 0 Å². The van der Waals surface area contributed by atoms with Crippen LogP contribution in [0.2, 0.25) is 0 Å². The van der Waals surface area contributed by atoms with E-state index in [1.807, 2.05) is 24.3 Å². The summed E-state index contributed by atoms with van der Waals surface area (Å²) in [5.41, 5.74) is 1.63. The van der Waals surface area contributed by atoms with Crippen molar-refractivity contribution in [2.75, 3.05) is 6.26 Å². The summed E-state index contributed by atoms with van der Waals surface area (Å²) in [4.78, 5) is 12.4. The van der Waals surface area contributed by atoms with Crippen LogP contribution in [-0.2, 0) is 9.84 Å². The van der Waals surface area contributed by atoms with E-state index in [0.717, 1.165) is 17.3 Å². The summed E-state index contributed by atoms with van der Waals surface area (Å²) in [6.07, 6.45) is 4.12. The van der Waals surface area contributed by atoms with E-state index in [0.29, 0.717) is 0 Å². The van der Waals surface area contributed by atoms with Crippen LogP contribution in [0.4, 0.5) is 0 Å². The van der Waals surface area contributed by atoms with Crippen molar-refractivity contribution in [2.24, 2.45) is 0 Å². The molecule has 0 spiro atoms. The Kier molecular flexibility index (Phi) is 2.56. The Balaban J connectivity index is 2.22. The Labute approximate surface area is 109 Å². The minimum absolute atomic E-state index is 0.00437. The summed E-state index contributed by atoms with van der Waals surface area (Å²) in [5.74, 6) is 0.289. The van der Waals surface area contributed by atoms with E-state index in [2.05, 4.69) is 15.0 Å². The largest absolute Gasteiger partial charge is 0.267 e. The zero-order chi connectivity index (χ0) is 13.5. The van der Waals surface area contributed by atoms with Gasteiger partial charge in [-0.15, -0.1) is 0 Å². The number of fused-ring (bicyclic) bond motifs is 1. The van der Waals surface area contributed by atoms with Crippen molar-refractivity contribution >= 4 is 20.9 Å². The fourth-order valence-electron chi connectivity index (χ4n) is 1.77. The van der Waals surface area contributed by atoms with Gasteiger partial charge >= 0.3 is 0 Å². The molecule has 3 rings (SSSR count). The van der Waals surface area contributed by atoms with E-state index in [1.165, 1.54) is 12.3 Å². The molecule has 0 atom stereocenters. The van der Waals surface area contributed by atoms with Gasteiger partial charge in [0.2, 0.25) is 5.95 Å². The van der Waals surface area contributed by atoms with Gasteiger partial charge in [-0.2, -0.15) is 0 Å². The fraction of sp³-hybridized carbons (Fsp3) is 0.0833. The van der Waals surface area contributed by atoms with E-state index in [-0.39, 0.29) is 11.0 Å². The second-order valence-electron chi connectivity index (χ2n) is 4.07. The molecule has 96 valence electrons. The molecule has 0 saturated heterocycles. The summed E-state index contributed by atoms with van der Waals surface area (Å²) < 4.78 is 24.7. The van der Waals surface area contributed by atoms with Crippen LogP contribution in [0.15, 0.2) is 47.9 Å². The monoisotopic (exact) mass is 274 g/mol. The van der Waals surface area contributed by atoms with Gasteiger partial charge in [-0.1, -0.05) is 12.1 Å². The lowest BCUT2D eigenvalue weighted by molar-refractivity contribution is 0.597. The lowest BCUT2D eigenvalue weighted by Gasteiger charge is -2.03. The molecular formula is C12H10N4O2S. The van der Waals surface area contributed by atoms with Crippen LogP contribution >= 0.6 is 0 Å². The first kappa shape index (κ1) is 11.8. The summed E-state index contributed by atoms with van der Waals surface area (Å²) in [5, 5.41) is -0.00437. The normalized spacial score (nSPS) is 11.8. The third-order valence-electron chi connectivity index (χ3n) is 2.67. The molecule has 19 heavy (non-hydrogen) atoms. The first-order valence-electron chi connectivity index (χ1n) is 5.51. The number of nitrogens with zero attached hydrogens (tertiary/aromatic N) is 4. The number of hydrogen-bond acceptors (Lipinski definition) is 5. The average molecular weight is 274 g/mol. The van der Waals surface area contributed by atoms with E-state index in [1.54, 1.807) is 10.9 Å². The zero-order valence-electron chi connectivity index (χ0n) is 10.1. The van der Waals surface area contributed by atoms with Crippen LogP contribution in [0, 0.1) is 0 Å². The smallest absolute Gasteiger partial charge is 0.236 e. The molecule has 0 aliphatic heterocycles. The maximum absolute atomic E-state index is 11.5. The van der Waals surface area contributed by atoms with Crippen LogP contribution in [0.25, 0.3) is 17.0 Å². The Morgan fingerprint density at radius 3 is 2.68 bits per heavy atom. The Morgan fingerprint density at radius 2 is 1.89 bits per heavy atom. The average Bonchev–Trinajstić information content (AvgIpc) is 2.82. The maximum atomic E-state index is 11.5. The second-order valence-corrected chi connectivity index (χ2v) is 6.03. The second kappa shape index (κ2) is 4.13. The van der Waals surface area contributed by atoms with E-state index in [4.69, 9.17) is 0 Å². The Morgan fingerprint density at radius 1 is 1.11 bits per heavy atom. The molecular weight excluding hydrogens is 264 g/mol. The molecule has 0 aliphatic rings. The molecule has 0 aliphatic carbocycles. The molecule has 0 saturated carbocycles. The van der Waals surface area contributed by atoms with Crippen molar-refractivity contribution in [1.82, 2.24) is 19.5 Å².